The van der Waals surface area contributed by atoms with Crippen molar-refractivity contribution >= 4 is 21.0 Å². The van der Waals surface area contributed by atoms with Crippen molar-refractivity contribution in [2.24, 2.45) is 0 Å². The number of rotatable bonds is 18. The van der Waals surface area contributed by atoms with Gasteiger partial charge in [-0.2, -0.15) is 13.2 Å². The minimum Gasteiger partial charge on any atom is -0.508 e. The Kier molecular flexibility index (Phi) is 14.2. The lowest BCUT2D eigenvalue weighted by molar-refractivity contribution is -0.134. The molecule has 3 rings (SSSR count). The average Bonchev–Trinajstić information content (AvgIpc) is 3.11. The number of aliphatic hydroxyl groups is 1. The lowest BCUT2D eigenvalue weighted by Crippen LogP contribution is -2.33. The maximum Gasteiger partial charge on any atom is 0.389 e. The molecule has 0 aromatic heterocycles. The Hall–Kier alpha value is -2.43. The van der Waals surface area contributed by atoms with Crippen LogP contribution in [0, 0.1) is 5.82 Å². The first-order valence-corrected chi connectivity index (χ1v) is 17.6. The Morgan fingerprint density at radius 1 is 0.886 bits per heavy atom. The summed E-state index contributed by atoms with van der Waals surface area (Å²) in [6.45, 7) is 3.60. The van der Waals surface area contributed by atoms with E-state index in [0.29, 0.717) is 25.9 Å². The second kappa shape index (κ2) is 17.3. The lowest BCUT2D eigenvalue weighted by atomic mass is 9.89. The van der Waals surface area contributed by atoms with Crippen LogP contribution >= 0.6 is 0 Å². The smallest absolute Gasteiger partial charge is 0.389 e. The van der Waals surface area contributed by atoms with Gasteiger partial charge >= 0.3 is 6.18 Å². The number of aromatic hydroxyl groups is 1. The first-order valence-electron chi connectivity index (χ1n) is 15.8. The molecular formula is C34H47F4NO4S. The van der Waals surface area contributed by atoms with E-state index in [1.165, 1.54) is 23.3 Å². The second-order valence-electron chi connectivity index (χ2n) is 12.1. The topological polar surface area (TPSA) is 77.8 Å². The number of phenols is 1. The summed E-state index contributed by atoms with van der Waals surface area (Å²) in [6.07, 6.45) is 2.13. The van der Waals surface area contributed by atoms with Gasteiger partial charge in [-0.1, -0.05) is 31.0 Å². The maximum atomic E-state index is 13.7. The fraction of sp³-hybridized carbons (Fsp3) is 0.588. The molecule has 0 radical (unpaired) electrons. The van der Waals surface area contributed by atoms with Gasteiger partial charge in [-0.05, 0) is 130 Å². The van der Waals surface area contributed by atoms with Crippen LogP contribution in [-0.2, 0) is 16.3 Å². The van der Waals surface area contributed by atoms with Gasteiger partial charge < -0.3 is 15.1 Å². The third kappa shape index (κ3) is 12.9. The summed E-state index contributed by atoms with van der Waals surface area (Å²) in [7, 11) is -3.51. The molecule has 5 nitrogen and oxygen atoms in total. The lowest BCUT2D eigenvalue weighted by Gasteiger charge is -2.23. The molecule has 0 bridgehead atoms. The van der Waals surface area contributed by atoms with Crippen LogP contribution in [-0.4, -0.2) is 67.0 Å². The molecule has 0 fully saturated rings. The molecule has 0 spiro atoms. The molecule has 1 atom stereocenters. The van der Waals surface area contributed by atoms with E-state index in [4.69, 9.17) is 0 Å². The number of aliphatic hydroxyl groups excluding tert-OH is 1. The first kappa shape index (κ1) is 36.0. The van der Waals surface area contributed by atoms with Gasteiger partial charge in [0.25, 0.3) is 0 Å². The van der Waals surface area contributed by atoms with Crippen LogP contribution < -0.4 is 0 Å². The SMILES string of the molecule is C[C@H](O)CN(CCCCCCC1=C(c2ccc(F)cc2)CCCc2cc(O)ccc21)CCCCS(=O)(=O)CCCC(F)(F)F. The van der Waals surface area contributed by atoms with Gasteiger partial charge in [-0.15, -0.1) is 0 Å². The van der Waals surface area contributed by atoms with Crippen LogP contribution in [0.5, 0.6) is 5.75 Å². The minimum absolute atomic E-state index is 0.119. The normalized spacial score (nSPS) is 15.0. The van der Waals surface area contributed by atoms with Crippen LogP contribution in [0.4, 0.5) is 17.6 Å². The van der Waals surface area contributed by atoms with Crippen molar-refractivity contribution < 1.29 is 36.2 Å². The van der Waals surface area contributed by atoms with Crippen LogP contribution in [0.25, 0.3) is 11.1 Å². The van der Waals surface area contributed by atoms with E-state index in [0.717, 1.165) is 74.6 Å². The number of unbranched alkanes of at least 4 members (excludes halogenated alkanes) is 4. The van der Waals surface area contributed by atoms with Gasteiger partial charge in [0.05, 0.1) is 17.6 Å². The quantitative estimate of drug-likeness (QED) is 0.128. The van der Waals surface area contributed by atoms with Gasteiger partial charge in [-0.25, -0.2) is 12.8 Å². The average molecular weight is 642 g/mol. The third-order valence-corrected chi connectivity index (χ3v) is 9.93. The van der Waals surface area contributed by atoms with E-state index in [2.05, 4.69) is 4.90 Å². The van der Waals surface area contributed by atoms with Crippen molar-refractivity contribution in [3.8, 4) is 5.75 Å². The molecule has 1 aliphatic rings. The van der Waals surface area contributed by atoms with E-state index in [1.54, 1.807) is 13.0 Å². The summed E-state index contributed by atoms with van der Waals surface area (Å²) in [5.41, 5.74) is 5.82. The van der Waals surface area contributed by atoms with E-state index >= 15 is 0 Å². The zero-order valence-electron chi connectivity index (χ0n) is 25.7. The fourth-order valence-electron chi connectivity index (χ4n) is 6.02. The van der Waals surface area contributed by atoms with E-state index in [9.17, 15) is 36.2 Å². The van der Waals surface area contributed by atoms with Gasteiger partial charge in [0, 0.05) is 13.0 Å². The first-order chi connectivity index (χ1) is 20.8. The summed E-state index contributed by atoms with van der Waals surface area (Å²) in [5, 5.41) is 20.0. The number of halogens is 4. The number of hydrogen-bond acceptors (Lipinski definition) is 5. The maximum absolute atomic E-state index is 13.7. The Bertz CT molecular complexity index is 1310. The van der Waals surface area contributed by atoms with Crippen molar-refractivity contribution in [1.29, 1.82) is 0 Å². The van der Waals surface area contributed by atoms with E-state index in [1.807, 2.05) is 24.3 Å². The zero-order valence-corrected chi connectivity index (χ0v) is 26.5. The van der Waals surface area contributed by atoms with Crippen molar-refractivity contribution in [3.05, 3.63) is 65.0 Å². The predicted octanol–water partition coefficient (Wildman–Crippen LogP) is 7.95. The molecule has 1 aliphatic carbocycles. The minimum atomic E-state index is -4.34. The number of sulfone groups is 1. The molecule has 10 heteroatoms. The van der Waals surface area contributed by atoms with Crippen LogP contribution in [0.1, 0.15) is 94.2 Å². The molecule has 44 heavy (non-hydrogen) atoms. The Morgan fingerprint density at radius 2 is 1.55 bits per heavy atom. The second-order valence-corrected chi connectivity index (χ2v) is 14.4. The van der Waals surface area contributed by atoms with Crippen molar-refractivity contribution in [1.82, 2.24) is 4.90 Å². The standard InChI is InChI=1S/C34H47F4NO4S/c1-26(40)25-39(21-6-7-22-44(42,43)23-9-19-34(36,37)38)20-5-3-2-4-11-33-31(27-13-15-29(35)16-14-27)12-8-10-28-24-30(41)17-18-32(28)33/h13-18,24,26,40-41H,2-12,19-23,25H2,1H3/t26-/m0/s1. The molecule has 2 aromatic carbocycles. The Morgan fingerprint density at radius 3 is 2.23 bits per heavy atom. The number of benzene rings is 2. The number of nitrogens with zero attached hydrogens (tertiary/aromatic N) is 1. The van der Waals surface area contributed by atoms with Gasteiger partial charge in [0.2, 0.25) is 0 Å². The number of phenolic OH excluding ortho intramolecular Hbond substituents is 1. The summed E-state index contributed by atoms with van der Waals surface area (Å²) in [5.74, 6) is -0.561. The molecule has 2 aromatic rings. The Balaban J connectivity index is 1.49. The van der Waals surface area contributed by atoms with E-state index < -0.39 is 40.7 Å². The Labute approximate surface area is 259 Å². The van der Waals surface area contributed by atoms with Crippen molar-refractivity contribution in [2.75, 3.05) is 31.1 Å². The highest BCUT2D eigenvalue weighted by atomic mass is 32.2. The largest absolute Gasteiger partial charge is 0.508 e. The third-order valence-electron chi connectivity index (χ3n) is 8.11. The summed E-state index contributed by atoms with van der Waals surface area (Å²) in [4.78, 5) is 2.13. The molecule has 0 aliphatic heterocycles. The predicted molar refractivity (Wildman–Crippen MR) is 169 cm³/mol. The number of allylic oxidation sites excluding steroid dienone is 2. The monoisotopic (exact) mass is 641 g/mol. The molecule has 2 N–H and O–H groups in total. The fourth-order valence-corrected chi connectivity index (χ4v) is 7.45. The summed E-state index contributed by atoms with van der Waals surface area (Å²) < 4.78 is 74.8. The summed E-state index contributed by atoms with van der Waals surface area (Å²) >= 11 is 0. The summed E-state index contributed by atoms with van der Waals surface area (Å²) in [6, 6.07) is 12.3. The molecule has 0 saturated carbocycles. The number of alkyl halides is 3. The molecule has 0 unspecified atom stereocenters. The number of fused-ring (bicyclic) bond motifs is 1. The van der Waals surface area contributed by atoms with Crippen LogP contribution in [0.2, 0.25) is 0 Å². The van der Waals surface area contributed by atoms with Gasteiger partial charge in [0.1, 0.15) is 21.4 Å². The van der Waals surface area contributed by atoms with Gasteiger partial charge in [-0.3, -0.25) is 0 Å². The molecule has 0 amide bonds. The molecule has 0 saturated heterocycles. The van der Waals surface area contributed by atoms with Crippen LogP contribution in [0.3, 0.4) is 0 Å². The highest BCUT2D eigenvalue weighted by Gasteiger charge is 2.27. The van der Waals surface area contributed by atoms with Gasteiger partial charge in [0.15, 0.2) is 0 Å². The zero-order chi connectivity index (χ0) is 32.2. The van der Waals surface area contributed by atoms with E-state index in [-0.39, 0.29) is 17.3 Å². The molecule has 0 heterocycles. The van der Waals surface area contributed by atoms with Crippen molar-refractivity contribution in [3.63, 3.8) is 0 Å². The molecule has 246 valence electrons. The number of aryl methyl sites for hydroxylation is 1. The highest BCUT2D eigenvalue weighted by Crippen LogP contribution is 2.39. The van der Waals surface area contributed by atoms with Crippen LogP contribution in [0.15, 0.2) is 42.5 Å². The highest BCUT2D eigenvalue weighted by molar-refractivity contribution is 7.91. The molecular weight excluding hydrogens is 594 g/mol. The number of hydrogen-bond donors (Lipinski definition) is 2. The van der Waals surface area contributed by atoms with Crippen molar-refractivity contribution in [2.45, 2.75) is 96.3 Å².